The van der Waals surface area contributed by atoms with Gasteiger partial charge >= 0.3 is 6.18 Å². The van der Waals surface area contributed by atoms with Gasteiger partial charge in [-0.15, -0.1) is 0 Å². The van der Waals surface area contributed by atoms with Crippen molar-refractivity contribution in [3.05, 3.63) is 51.0 Å². The molecule has 0 aliphatic carbocycles. The van der Waals surface area contributed by atoms with Crippen molar-refractivity contribution in [1.82, 2.24) is 4.98 Å². The Morgan fingerprint density at radius 1 is 0.950 bits per heavy atom. The minimum Gasteiger partial charge on any atom is -0.215 e. The van der Waals surface area contributed by atoms with Crippen molar-refractivity contribution in [3.8, 4) is 11.1 Å². The summed E-state index contributed by atoms with van der Waals surface area (Å²) in [7, 11) is 0. The molecule has 2 aromatic rings. The lowest BCUT2D eigenvalue weighted by Gasteiger charge is -2.11. The molecule has 0 fully saturated rings. The Balaban J connectivity index is 2.65. The molecule has 0 radical (unpaired) electrons. The van der Waals surface area contributed by atoms with Gasteiger partial charge < -0.3 is 0 Å². The third kappa shape index (κ3) is 3.00. The van der Waals surface area contributed by atoms with Crippen LogP contribution in [0.5, 0.6) is 0 Å². The summed E-state index contributed by atoms with van der Waals surface area (Å²) in [6.45, 7) is 0. The van der Waals surface area contributed by atoms with E-state index in [0.717, 1.165) is 6.07 Å². The molecule has 0 spiro atoms. The molecular formula is C12H4Cl3F4N. The minimum atomic E-state index is -4.76. The van der Waals surface area contributed by atoms with Crippen LogP contribution in [0.15, 0.2) is 24.3 Å². The molecule has 0 amide bonds. The van der Waals surface area contributed by atoms with E-state index in [9.17, 15) is 17.6 Å². The second kappa shape index (κ2) is 5.39. The van der Waals surface area contributed by atoms with Crippen LogP contribution < -0.4 is 0 Å². The Hall–Kier alpha value is -1.04. The fraction of sp³-hybridized carbons (Fsp3) is 0.0833. The van der Waals surface area contributed by atoms with Gasteiger partial charge in [0.1, 0.15) is 5.69 Å². The lowest BCUT2D eigenvalue weighted by molar-refractivity contribution is -0.141. The molecule has 0 bridgehead atoms. The predicted octanol–water partition coefficient (Wildman–Crippen LogP) is 5.87. The topological polar surface area (TPSA) is 12.9 Å². The Morgan fingerprint density at radius 2 is 1.60 bits per heavy atom. The number of benzene rings is 1. The lowest BCUT2D eigenvalue weighted by Crippen LogP contribution is -2.09. The van der Waals surface area contributed by atoms with E-state index in [1.54, 1.807) is 0 Å². The SMILES string of the molecule is Fc1cc(-c2ccc(Cl)c(Cl)c2Cl)cc(C(F)(F)F)n1. The first-order chi connectivity index (χ1) is 9.20. The fourth-order valence-corrected chi connectivity index (χ4v) is 2.19. The van der Waals surface area contributed by atoms with Crippen molar-refractivity contribution in [2.45, 2.75) is 6.18 Å². The predicted molar refractivity (Wildman–Crippen MR) is 69.7 cm³/mol. The van der Waals surface area contributed by atoms with E-state index in [1.807, 2.05) is 0 Å². The molecule has 20 heavy (non-hydrogen) atoms. The van der Waals surface area contributed by atoms with E-state index < -0.39 is 17.8 Å². The number of nitrogens with zero attached hydrogens (tertiary/aromatic N) is 1. The van der Waals surface area contributed by atoms with Crippen LogP contribution in [0.4, 0.5) is 17.6 Å². The molecule has 0 aliphatic heterocycles. The molecule has 1 aromatic carbocycles. The highest BCUT2D eigenvalue weighted by atomic mass is 35.5. The number of hydrogen-bond acceptors (Lipinski definition) is 1. The lowest BCUT2D eigenvalue weighted by atomic mass is 10.1. The van der Waals surface area contributed by atoms with Crippen LogP contribution in [0.25, 0.3) is 11.1 Å². The van der Waals surface area contributed by atoms with Crippen molar-refractivity contribution in [3.63, 3.8) is 0 Å². The zero-order valence-electron chi connectivity index (χ0n) is 9.40. The number of aromatic nitrogens is 1. The molecule has 0 atom stereocenters. The smallest absolute Gasteiger partial charge is 0.215 e. The molecule has 0 saturated carbocycles. The van der Waals surface area contributed by atoms with E-state index in [4.69, 9.17) is 34.8 Å². The van der Waals surface area contributed by atoms with Crippen LogP contribution in [0.2, 0.25) is 15.1 Å². The summed E-state index contributed by atoms with van der Waals surface area (Å²) in [5, 5.41) is 0.0699. The van der Waals surface area contributed by atoms with E-state index in [1.165, 1.54) is 12.1 Å². The molecule has 1 heterocycles. The second-order valence-electron chi connectivity index (χ2n) is 3.78. The van der Waals surface area contributed by atoms with Crippen LogP contribution in [-0.4, -0.2) is 4.98 Å². The second-order valence-corrected chi connectivity index (χ2v) is 4.95. The first-order valence-electron chi connectivity index (χ1n) is 5.09. The summed E-state index contributed by atoms with van der Waals surface area (Å²) in [5.41, 5.74) is -1.31. The standard InChI is InChI=1S/C12H4Cl3F4N/c13-7-2-1-6(10(14)11(7)15)5-3-8(12(17,18)19)20-9(16)4-5/h1-4H. The number of pyridine rings is 1. The third-order valence-electron chi connectivity index (χ3n) is 2.43. The van der Waals surface area contributed by atoms with E-state index in [2.05, 4.69) is 4.98 Å². The number of rotatable bonds is 1. The van der Waals surface area contributed by atoms with Gasteiger partial charge in [0.2, 0.25) is 5.95 Å². The van der Waals surface area contributed by atoms with Crippen LogP contribution in [0.1, 0.15) is 5.69 Å². The van der Waals surface area contributed by atoms with Crippen molar-refractivity contribution in [2.75, 3.05) is 0 Å². The van der Waals surface area contributed by atoms with E-state index in [-0.39, 0.29) is 26.2 Å². The summed E-state index contributed by atoms with van der Waals surface area (Å²) in [4.78, 5) is 2.81. The van der Waals surface area contributed by atoms with Gasteiger partial charge in [0.25, 0.3) is 0 Å². The maximum absolute atomic E-state index is 13.2. The molecular weight excluding hydrogens is 340 g/mol. The van der Waals surface area contributed by atoms with Gasteiger partial charge in [0, 0.05) is 11.6 Å². The molecule has 0 N–H and O–H groups in total. The Kier molecular flexibility index (Phi) is 4.14. The van der Waals surface area contributed by atoms with Gasteiger partial charge in [0.15, 0.2) is 0 Å². The monoisotopic (exact) mass is 343 g/mol. The zero-order chi connectivity index (χ0) is 15.1. The summed E-state index contributed by atoms with van der Waals surface area (Å²) in [6, 6.07) is 4.23. The fourth-order valence-electron chi connectivity index (χ4n) is 1.55. The van der Waals surface area contributed by atoms with Crippen LogP contribution in [-0.2, 0) is 6.18 Å². The maximum atomic E-state index is 13.2. The van der Waals surface area contributed by atoms with Crippen LogP contribution in [0, 0.1) is 5.95 Å². The highest BCUT2D eigenvalue weighted by molar-refractivity contribution is 6.49. The summed E-state index contributed by atoms with van der Waals surface area (Å²) >= 11 is 17.4. The molecule has 0 saturated heterocycles. The van der Waals surface area contributed by atoms with Gasteiger partial charge in [-0.05, 0) is 17.7 Å². The van der Waals surface area contributed by atoms with Gasteiger partial charge in [-0.3, -0.25) is 0 Å². The van der Waals surface area contributed by atoms with Crippen LogP contribution in [0.3, 0.4) is 0 Å². The highest BCUT2D eigenvalue weighted by Gasteiger charge is 2.33. The van der Waals surface area contributed by atoms with Crippen LogP contribution >= 0.6 is 34.8 Å². The summed E-state index contributed by atoms with van der Waals surface area (Å²) in [5.74, 6) is -1.27. The maximum Gasteiger partial charge on any atom is 0.433 e. The van der Waals surface area contributed by atoms with Gasteiger partial charge in [-0.2, -0.15) is 17.6 Å². The molecule has 1 nitrogen and oxygen atoms in total. The van der Waals surface area contributed by atoms with E-state index in [0.29, 0.717) is 6.07 Å². The quantitative estimate of drug-likeness (QED) is 0.358. The molecule has 0 aliphatic rings. The molecule has 8 heteroatoms. The summed E-state index contributed by atoms with van der Waals surface area (Å²) in [6.07, 6.45) is -4.76. The Bertz CT molecular complexity index is 670. The first-order valence-corrected chi connectivity index (χ1v) is 6.22. The van der Waals surface area contributed by atoms with E-state index >= 15 is 0 Å². The van der Waals surface area contributed by atoms with Crippen molar-refractivity contribution < 1.29 is 17.6 Å². The van der Waals surface area contributed by atoms with Crippen molar-refractivity contribution >= 4 is 34.8 Å². The van der Waals surface area contributed by atoms with Gasteiger partial charge in [0.05, 0.1) is 15.1 Å². The van der Waals surface area contributed by atoms with Crippen molar-refractivity contribution in [1.29, 1.82) is 0 Å². The average Bonchev–Trinajstić information content (AvgIpc) is 2.34. The average molecular weight is 345 g/mol. The minimum absolute atomic E-state index is 0.0170. The molecule has 106 valence electrons. The number of alkyl halides is 3. The normalized spacial score (nSPS) is 11.8. The Labute approximate surface area is 126 Å². The molecule has 2 rings (SSSR count). The highest BCUT2D eigenvalue weighted by Crippen LogP contribution is 2.39. The summed E-state index contributed by atoms with van der Waals surface area (Å²) < 4.78 is 51.0. The van der Waals surface area contributed by atoms with Gasteiger partial charge in [-0.25, -0.2) is 4.98 Å². The third-order valence-corrected chi connectivity index (χ3v) is 3.72. The largest absolute Gasteiger partial charge is 0.433 e. The van der Waals surface area contributed by atoms with Gasteiger partial charge in [-0.1, -0.05) is 40.9 Å². The first kappa shape index (κ1) is 15.4. The molecule has 0 unspecified atom stereocenters. The Morgan fingerprint density at radius 3 is 2.20 bits per heavy atom. The number of halogens is 7. The number of hydrogen-bond donors (Lipinski definition) is 0. The zero-order valence-corrected chi connectivity index (χ0v) is 11.7. The molecule has 1 aromatic heterocycles. The van der Waals surface area contributed by atoms with Crippen molar-refractivity contribution in [2.24, 2.45) is 0 Å².